The maximum absolute atomic E-state index is 12.5. The van der Waals surface area contributed by atoms with Gasteiger partial charge in [-0.2, -0.15) is 0 Å². The van der Waals surface area contributed by atoms with Crippen LogP contribution in [-0.4, -0.2) is 55.6 Å². The van der Waals surface area contributed by atoms with Crippen molar-refractivity contribution < 1.29 is 19.1 Å². The first-order valence-electron chi connectivity index (χ1n) is 9.74. The predicted octanol–water partition coefficient (Wildman–Crippen LogP) is 1.41. The molecule has 1 aromatic carbocycles. The van der Waals surface area contributed by atoms with Crippen molar-refractivity contribution in [1.82, 2.24) is 10.2 Å². The van der Waals surface area contributed by atoms with Gasteiger partial charge >= 0.3 is 0 Å². The minimum atomic E-state index is -0.302. The Bertz CT molecular complexity index is 694. The lowest BCUT2D eigenvalue weighted by Crippen LogP contribution is -2.40. The number of ether oxygens (including phenoxy) is 2. The van der Waals surface area contributed by atoms with Crippen LogP contribution in [0.25, 0.3) is 0 Å². The zero-order chi connectivity index (χ0) is 19.4. The van der Waals surface area contributed by atoms with Gasteiger partial charge in [0.2, 0.25) is 5.91 Å². The first-order valence-corrected chi connectivity index (χ1v) is 9.74. The Morgan fingerprint density at radius 3 is 2.59 bits per heavy atom. The Morgan fingerprint density at radius 2 is 1.89 bits per heavy atom. The lowest BCUT2D eigenvalue weighted by atomic mass is 9.98. The van der Waals surface area contributed by atoms with E-state index in [2.05, 4.69) is 5.32 Å². The lowest BCUT2D eigenvalue weighted by Gasteiger charge is -2.19. The first-order chi connectivity index (χ1) is 13.0. The number of carbonyl (C=O) groups excluding carboxylic acids is 2. The van der Waals surface area contributed by atoms with Gasteiger partial charge in [-0.15, -0.1) is 0 Å². The highest BCUT2D eigenvalue weighted by molar-refractivity contribution is 5.97. The van der Waals surface area contributed by atoms with E-state index in [1.165, 1.54) is 0 Å². The third-order valence-electron chi connectivity index (χ3n) is 5.47. The third kappa shape index (κ3) is 4.35. The van der Waals surface area contributed by atoms with Crippen LogP contribution in [0.2, 0.25) is 0 Å². The van der Waals surface area contributed by atoms with Gasteiger partial charge in [-0.25, -0.2) is 0 Å². The maximum Gasteiger partial charge on any atom is 0.251 e. The standard InChI is InChI=1S/C20H29N3O4/c1-3-26-17-8-6-13(9-18(17)27-4-2)20(25)22-10-19(24)23-11-14-5-7-16(21)15(14)12-23/h6,8-9,14-16H,3-5,7,10-12,21H2,1-2H3,(H,22,25). The number of likely N-dealkylation sites (tertiary alicyclic amines) is 1. The Hall–Kier alpha value is -2.28. The second-order valence-electron chi connectivity index (χ2n) is 7.17. The van der Waals surface area contributed by atoms with Gasteiger partial charge in [-0.1, -0.05) is 0 Å². The molecule has 1 aromatic rings. The van der Waals surface area contributed by atoms with Crippen LogP contribution >= 0.6 is 0 Å². The average molecular weight is 375 g/mol. The lowest BCUT2D eigenvalue weighted by molar-refractivity contribution is -0.129. The first kappa shape index (κ1) is 19.5. The number of nitrogens with zero attached hydrogens (tertiary/aromatic N) is 1. The molecule has 3 unspecified atom stereocenters. The second-order valence-corrected chi connectivity index (χ2v) is 7.17. The highest BCUT2D eigenvalue weighted by Crippen LogP contribution is 2.37. The van der Waals surface area contributed by atoms with Crippen molar-refractivity contribution in [3.63, 3.8) is 0 Å². The fourth-order valence-corrected chi connectivity index (χ4v) is 4.07. The van der Waals surface area contributed by atoms with Crippen LogP contribution in [0.5, 0.6) is 11.5 Å². The fourth-order valence-electron chi connectivity index (χ4n) is 4.07. The number of fused-ring (bicyclic) bond motifs is 1. The van der Waals surface area contributed by atoms with Crippen molar-refractivity contribution in [2.24, 2.45) is 17.6 Å². The van der Waals surface area contributed by atoms with Gasteiger partial charge in [0, 0.05) is 24.7 Å². The molecule has 2 fully saturated rings. The van der Waals surface area contributed by atoms with E-state index in [0.29, 0.717) is 48.7 Å². The number of hydrogen-bond acceptors (Lipinski definition) is 5. The largest absolute Gasteiger partial charge is 0.490 e. The van der Waals surface area contributed by atoms with Crippen LogP contribution in [-0.2, 0) is 4.79 Å². The van der Waals surface area contributed by atoms with Gasteiger partial charge in [0.1, 0.15) is 0 Å². The van der Waals surface area contributed by atoms with Gasteiger partial charge in [0.15, 0.2) is 11.5 Å². The van der Waals surface area contributed by atoms with E-state index in [1.54, 1.807) is 18.2 Å². The van der Waals surface area contributed by atoms with E-state index in [4.69, 9.17) is 15.2 Å². The Balaban J connectivity index is 1.56. The van der Waals surface area contributed by atoms with Gasteiger partial charge in [0.05, 0.1) is 19.8 Å². The third-order valence-corrected chi connectivity index (χ3v) is 5.47. The van der Waals surface area contributed by atoms with Crippen LogP contribution in [0.1, 0.15) is 37.0 Å². The minimum Gasteiger partial charge on any atom is -0.490 e. The van der Waals surface area contributed by atoms with Gasteiger partial charge < -0.3 is 25.4 Å². The van der Waals surface area contributed by atoms with Crippen LogP contribution in [0, 0.1) is 11.8 Å². The summed E-state index contributed by atoms with van der Waals surface area (Å²) in [7, 11) is 0. The van der Waals surface area contributed by atoms with Gasteiger partial charge in [-0.3, -0.25) is 9.59 Å². The molecule has 3 atom stereocenters. The molecule has 1 saturated carbocycles. The average Bonchev–Trinajstić information content (AvgIpc) is 3.23. The molecule has 0 bridgehead atoms. The van der Waals surface area contributed by atoms with Crippen molar-refractivity contribution >= 4 is 11.8 Å². The number of hydrogen-bond donors (Lipinski definition) is 2. The van der Waals surface area contributed by atoms with Crippen molar-refractivity contribution in [2.45, 2.75) is 32.7 Å². The van der Waals surface area contributed by atoms with Gasteiger partial charge in [0.25, 0.3) is 5.91 Å². The molecule has 1 saturated heterocycles. The van der Waals surface area contributed by atoms with E-state index in [0.717, 1.165) is 19.4 Å². The fraction of sp³-hybridized carbons (Fsp3) is 0.600. The molecule has 0 radical (unpaired) electrons. The predicted molar refractivity (Wildman–Crippen MR) is 102 cm³/mol. The SMILES string of the molecule is CCOc1ccc(C(=O)NCC(=O)N2CC3CCC(N)C3C2)cc1OCC. The molecular formula is C20H29N3O4. The highest BCUT2D eigenvalue weighted by Gasteiger charge is 2.42. The summed E-state index contributed by atoms with van der Waals surface area (Å²) in [5, 5.41) is 2.72. The molecule has 1 aliphatic carbocycles. The summed E-state index contributed by atoms with van der Waals surface area (Å²) < 4.78 is 11.1. The molecule has 2 amide bonds. The molecule has 1 heterocycles. The van der Waals surface area contributed by atoms with Crippen molar-refractivity contribution in [2.75, 3.05) is 32.8 Å². The molecule has 3 rings (SSSR count). The maximum atomic E-state index is 12.5. The number of nitrogens with one attached hydrogen (secondary N) is 1. The van der Waals surface area contributed by atoms with E-state index >= 15 is 0 Å². The summed E-state index contributed by atoms with van der Waals surface area (Å²) in [6, 6.07) is 5.23. The van der Waals surface area contributed by atoms with Crippen molar-refractivity contribution in [3.05, 3.63) is 23.8 Å². The summed E-state index contributed by atoms with van der Waals surface area (Å²) in [6.45, 7) is 6.21. The molecule has 148 valence electrons. The number of carbonyl (C=O) groups is 2. The molecule has 27 heavy (non-hydrogen) atoms. The topological polar surface area (TPSA) is 93.9 Å². The normalized spacial score (nSPS) is 23.8. The molecule has 3 N–H and O–H groups in total. The van der Waals surface area contributed by atoms with E-state index in [9.17, 15) is 9.59 Å². The van der Waals surface area contributed by atoms with E-state index in [1.807, 2.05) is 18.7 Å². The van der Waals surface area contributed by atoms with E-state index in [-0.39, 0.29) is 24.4 Å². The van der Waals surface area contributed by atoms with Gasteiger partial charge in [-0.05, 0) is 56.7 Å². The smallest absolute Gasteiger partial charge is 0.251 e. The summed E-state index contributed by atoms with van der Waals surface area (Å²) >= 11 is 0. The summed E-state index contributed by atoms with van der Waals surface area (Å²) in [5.74, 6) is 1.69. The summed E-state index contributed by atoms with van der Waals surface area (Å²) in [4.78, 5) is 26.7. The van der Waals surface area contributed by atoms with E-state index < -0.39 is 0 Å². The molecule has 7 nitrogen and oxygen atoms in total. The molecular weight excluding hydrogens is 346 g/mol. The number of rotatable bonds is 7. The molecule has 7 heteroatoms. The zero-order valence-corrected chi connectivity index (χ0v) is 16.1. The van der Waals surface area contributed by atoms with Crippen LogP contribution in [0.3, 0.4) is 0 Å². The molecule has 0 aromatic heterocycles. The van der Waals surface area contributed by atoms with Crippen molar-refractivity contribution in [1.29, 1.82) is 0 Å². The Kier molecular flexibility index (Phi) is 6.21. The number of nitrogens with two attached hydrogens (primary N) is 1. The Labute approximate surface area is 160 Å². The monoisotopic (exact) mass is 375 g/mol. The van der Waals surface area contributed by atoms with Crippen molar-refractivity contribution in [3.8, 4) is 11.5 Å². The Morgan fingerprint density at radius 1 is 1.15 bits per heavy atom. The van der Waals surface area contributed by atoms with Crippen LogP contribution < -0.4 is 20.5 Å². The summed E-state index contributed by atoms with van der Waals surface area (Å²) in [6.07, 6.45) is 2.14. The van der Waals surface area contributed by atoms with Crippen LogP contribution in [0.4, 0.5) is 0 Å². The highest BCUT2D eigenvalue weighted by atomic mass is 16.5. The molecule has 1 aliphatic heterocycles. The second kappa shape index (κ2) is 8.61. The number of amides is 2. The molecule has 0 spiro atoms. The number of benzene rings is 1. The molecule has 2 aliphatic rings. The minimum absolute atomic E-state index is 0.00924. The van der Waals surface area contributed by atoms with Crippen LogP contribution in [0.15, 0.2) is 18.2 Å². The summed E-state index contributed by atoms with van der Waals surface area (Å²) in [5.41, 5.74) is 6.56. The quantitative estimate of drug-likeness (QED) is 0.752. The zero-order valence-electron chi connectivity index (χ0n) is 16.1.